The van der Waals surface area contributed by atoms with Crippen molar-refractivity contribution in [2.75, 3.05) is 46.0 Å². The first-order chi connectivity index (χ1) is 10.7. The van der Waals surface area contributed by atoms with Gasteiger partial charge in [-0.25, -0.2) is 0 Å². The highest BCUT2D eigenvalue weighted by atomic mass is 16.5. The van der Waals surface area contributed by atoms with Crippen LogP contribution in [0.5, 0.6) is 0 Å². The number of aromatic nitrogens is 1. The number of ether oxygens (including phenoxy) is 2. The van der Waals surface area contributed by atoms with Crippen molar-refractivity contribution in [3.8, 4) is 0 Å². The zero-order valence-corrected chi connectivity index (χ0v) is 13.0. The number of hydrogen-bond acceptors (Lipinski definition) is 5. The fourth-order valence-electron chi connectivity index (χ4n) is 3.17. The van der Waals surface area contributed by atoms with Gasteiger partial charge < -0.3 is 14.4 Å². The normalized spacial score (nSPS) is 26.9. The van der Waals surface area contributed by atoms with Crippen LogP contribution in [0.1, 0.15) is 12.5 Å². The molecular formula is C16H23N3O3. The first kappa shape index (κ1) is 15.4. The van der Waals surface area contributed by atoms with Gasteiger partial charge in [0.15, 0.2) is 0 Å². The molecular weight excluding hydrogens is 282 g/mol. The van der Waals surface area contributed by atoms with E-state index in [-0.39, 0.29) is 5.91 Å². The van der Waals surface area contributed by atoms with Crippen LogP contribution in [-0.4, -0.2) is 72.3 Å². The smallest absolute Gasteiger partial charge is 0.219 e. The molecule has 2 aliphatic heterocycles. The van der Waals surface area contributed by atoms with Crippen LogP contribution in [0.15, 0.2) is 24.5 Å². The Labute approximate surface area is 131 Å². The number of hydrogen-bond donors (Lipinski definition) is 0. The van der Waals surface area contributed by atoms with Gasteiger partial charge in [-0.2, -0.15) is 0 Å². The summed E-state index contributed by atoms with van der Waals surface area (Å²) in [6.45, 7) is 7.14. The molecule has 120 valence electrons. The third-order valence-corrected chi connectivity index (χ3v) is 4.25. The van der Waals surface area contributed by atoms with Crippen molar-refractivity contribution in [3.05, 3.63) is 30.1 Å². The number of carbonyl (C=O) groups is 1. The van der Waals surface area contributed by atoms with Crippen LogP contribution in [0.4, 0.5) is 0 Å². The summed E-state index contributed by atoms with van der Waals surface area (Å²) in [5.41, 5.74) is 0.765. The lowest BCUT2D eigenvalue weighted by Crippen LogP contribution is -2.59. The van der Waals surface area contributed by atoms with E-state index in [4.69, 9.17) is 9.47 Å². The number of rotatable bonds is 2. The fourth-order valence-corrected chi connectivity index (χ4v) is 3.17. The Balaban J connectivity index is 1.70. The Bertz CT molecular complexity index is 511. The van der Waals surface area contributed by atoms with E-state index in [9.17, 15) is 4.79 Å². The highest BCUT2D eigenvalue weighted by Crippen LogP contribution is 2.23. The molecule has 1 unspecified atom stereocenters. The molecule has 3 rings (SSSR count). The van der Waals surface area contributed by atoms with Crippen LogP contribution in [0, 0.1) is 0 Å². The summed E-state index contributed by atoms with van der Waals surface area (Å²) in [6.07, 6.45) is 3.67. The minimum atomic E-state index is -0.414. The fraction of sp³-hybridized carbons (Fsp3) is 0.625. The summed E-state index contributed by atoms with van der Waals surface area (Å²) in [7, 11) is 0. The summed E-state index contributed by atoms with van der Waals surface area (Å²) < 4.78 is 11.8. The Morgan fingerprint density at radius 2 is 2.27 bits per heavy atom. The predicted octanol–water partition coefficient (Wildman–Crippen LogP) is 0.531. The molecule has 1 aromatic rings. The molecule has 22 heavy (non-hydrogen) atoms. The average Bonchev–Trinajstić information content (AvgIpc) is 2.70. The third kappa shape index (κ3) is 3.63. The van der Waals surface area contributed by atoms with Crippen molar-refractivity contribution in [2.24, 2.45) is 0 Å². The number of nitrogens with zero attached hydrogens (tertiary/aromatic N) is 3. The SMILES string of the molecule is CC(=O)N1CCOC2(COCCN(Cc3cccnc3)C2)C1. The lowest BCUT2D eigenvalue weighted by atomic mass is 10.0. The van der Waals surface area contributed by atoms with Crippen LogP contribution >= 0.6 is 0 Å². The molecule has 1 spiro atoms. The number of amides is 1. The molecule has 2 fully saturated rings. The van der Waals surface area contributed by atoms with Crippen molar-refractivity contribution in [1.82, 2.24) is 14.8 Å². The number of morpholine rings is 1. The van der Waals surface area contributed by atoms with Crippen molar-refractivity contribution in [3.63, 3.8) is 0 Å². The quantitative estimate of drug-likeness (QED) is 0.798. The van der Waals surface area contributed by atoms with Gasteiger partial charge in [-0.05, 0) is 11.6 Å². The third-order valence-electron chi connectivity index (χ3n) is 4.25. The van der Waals surface area contributed by atoms with Crippen LogP contribution < -0.4 is 0 Å². The van der Waals surface area contributed by atoms with E-state index in [1.165, 1.54) is 5.56 Å². The van der Waals surface area contributed by atoms with E-state index >= 15 is 0 Å². The molecule has 1 amide bonds. The van der Waals surface area contributed by atoms with E-state index < -0.39 is 5.60 Å². The highest BCUT2D eigenvalue weighted by molar-refractivity contribution is 5.73. The van der Waals surface area contributed by atoms with E-state index in [0.29, 0.717) is 32.9 Å². The Hall–Kier alpha value is -1.50. The van der Waals surface area contributed by atoms with Crippen molar-refractivity contribution >= 4 is 5.91 Å². The Morgan fingerprint density at radius 1 is 1.36 bits per heavy atom. The van der Waals surface area contributed by atoms with Crippen molar-refractivity contribution in [1.29, 1.82) is 0 Å². The molecule has 3 heterocycles. The highest BCUT2D eigenvalue weighted by Gasteiger charge is 2.40. The molecule has 0 bridgehead atoms. The minimum absolute atomic E-state index is 0.103. The van der Waals surface area contributed by atoms with Crippen LogP contribution in [0.25, 0.3) is 0 Å². The molecule has 6 nitrogen and oxygen atoms in total. The second-order valence-electron chi connectivity index (χ2n) is 6.10. The lowest BCUT2D eigenvalue weighted by molar-refractivity contribution is -0.160. The molecule has 0 radical (unpaired) electrons. The van der Waals surface area contributed by atoms with E-state index in [2.05, 4.69) is 16.0 Å². The van der Waals surface area contributed by atoms with E-state index in [1.807, 2.05) is 17.2 Å². The molecule has 1 aromatic heterocycles. The summed E-state index contributed by atoms with van der Waals surface area (Å²) in [5, 5.41) is 0. The topological polar surface area (TPSA) is 54.9 Å². The summed E-state index contributed by atoms with van der Waals surface area (Å²) in [5.74, 6) is 0.103. The molecule has 1 atom stereocenters. The first-order valence-electron chi connectivity index (χ1n) is 7.75. The summed E-state index contributed by atoms with van der Waals surface area (Å²) in [4.78, 5) is 20.1. The zero-order chi connectivity index (χ0) is 15.4. The zero-order valence-electron chi connectivity index (χ0n) is 13.0. The maximum absolute atomic E-state index is 11.7. The first-order valence-corrected chi connectivity index (χ1v) is 7.75. The molecule has 2 aliphatic rings. The molecule has 2 saturated heterocycles. The van der Waals surface area contributed by atoms with Gasteiger partial charge in [0.25, 0.3) is 0 Å². The maximum atomic E-state index is 11.7. The lowest BCUT2D eigenvalue weighted by Gasteiger charge is -2.43. The maximum Gasteiger partial charge on any atom is 0.219 e. The van der Waals surface area contributed by atoms with E-state index in [1.54, 1.807) is 13.1 Å². The average molecular weight is 305 g/mol. The molecule has 0 aromatic carbocycles. The molecule has 0 saturated carbocycles. The second kappa shape index (κ2) is 6.73. The van der Waals surface area contributed by atoms with Crippen molar-refractivity contribution < 1.29 is 14.3 Å². The van der Waals surface area contributed by atoms with Gasteiger partial charge in [-0.15, -0.1) is 0 Å². The Kier molecular flexibility index (Phi) is 4.71. The monoisotopic (exact) mass is 305 g/mol. The van der Waals surface area contributed by atoms with Gasteiger partial charge >= 0.3 is 0 Å². The standard InChI is InChI=1S/C16H23N3O3/c1-14(20)19-6-8-22-16(12-19)11-18(5-7-21-13-16)10-15-3-2-4-17-9-15/h2-4,9H,5-8,10-13H2,1H3. The minimum Gasteiger partial charge on any atom is -0.377 e. The number of carbonyl (C=O) groups excluding carboxylic acids is 1. The summed E-state index contributed by atoms with van der Waals surface area (Å²) >= 11 is 0. The van der Waals surface area contributed by atoms with Gasteiger partial charge in [0.05, 0.1) is 26.4 Å². The molecule has 0 N–H and O–H groups in total. The predicted molar refractivity (Wildman–Crippen MR) is 81.3 cm³/mol. The molecule has 0 aliphatic carbocycles. The van der Waals surface area contributed by atoms with Gasteiger partial charge in [0.1, 0.15) is 5.60 Å². The molecule has 6 heteroatoms. The van der Waals surface area contributed by atoms with E-state index in [0.717, 1.165) is 19.6 Å². The van der Waals surface area contributed by atoms with Crippen molar-refractivity contribution in [2.45, 2.75) is 19.1 Å². The number of pyridine rings is 1. The van der Waals surface area contributed by atoms with Crippen LogP contribution in [0.2, 0.25) is 0 Å². The summed E-state index contributed by atoms with van der Waals surface area (Å²) in [6, 6.07) is 4.03. The van der Waals surface area contributed by atoms with Gasteiger partial charge in [0, 0.05) is 45.5 Å². The van der Waals surface area contributed by atoms with Gasteiger partial charge in [-0.1, -0.05) is 6.07 Å². The van der Waals surface area contributed by atoms with Crippen LogP contribution in [0.3, 0.4) is 0 Å². The second-order valence-corrected chi connectivity index (χ2v) is 6.10. The van der Waals surface area contributed by atoms with Gasteiger partial charge in [0.2, 0.25) is 5.91 Å². The Morgan fingerprint density at radius 3 is 3.05 bits per heavy atom. The van der Waals surface area contributed by atoms with Gasteiger partial charge in [-0.3, -0.25) is 14.7 Å². The van der Waals surface area contributed by atoms with Crippen LogP contribution in [-0.2, 0) is 20.8 Å². The largest absolute Gasteiger partial charge is 0.377 e.